The van der Waals surface area contributed by atoms with Crippen LogP contribution in [0, 0.1) is 0 Å². The van der Waals surface area contributed by atoms with E-state index in [1.165, 1.54) is 0 Å². The van der Waals surface area contributed by atoms with Gasteiger partial charge in [-0.2, -0.15) is 0 Å². The standard InChI is InChI=1S/C21H44N2O7.2H2/c1-5-20(4)22-6-8-25-10-11-26-9-7-23-21(24)18-29-15-14-27-12-13-28-16-17-30-19(2)3;;/h19-20,22H,5-18H2,1-4H3,(H,23,24);2*1H. The van der Waals surface area contributed by atoms with Crippen molar-refractivity contribution in [3.05, 3.63) is 0 Å². The average molecular weight is 441 g/mol. The molecule has 0 aromatic heterocycles. The van der Waals surface area contributed by atoms with E-state index in [0.717, 1.165) is 13.0 Å². The highest BCUT2D eigenvalue weighted by Gasteiger charge is 2.01. The van der Waals surface area contributed by atoms with Gasteiger partial charge >= 0.3 is 0 Å². The Morgan fingerprint density at radius 1 is 0.733 bits per heavy atom. The first-order valence-corrected chi connectivity index (χ1v) is 11.1. The molecule has 0 fully saturated rings. The van der Waals surface area contributed by atoms with Crippen LogP contribution in [0.5, 0.6) is 0 Å². The zero-order valence-corrected chi connectivity index (χ0v) is 19.4. The molecule has 30 heavy (non-hydrogen) atoms. The molecule has 0 saturated heterocycles. The molecule has 0 aliphatic carbocycles. The van der Waals surface area contributed by atoms with Gasteiger partial charge in [-0.15, -0.1) is 0 Å². The Bertz CT molecular complexity index is 384. The summed E-state index contributed by atoms with van der Waals surface area (Å²) in [5, 5.41) is 6.10. The van der Waals surface area contributed by atoms with E-state index >= 15 is 0 Å². The van der Waals surface area contributed by atoms with E-state index in [1.807, 2.05) is 13.8 Å². The summed E-state index contributed by atoms with van der Waals surface area (Å²) in [4.78, 5) is 11.6. The Hall–Kier alpha value is -0.810. The van der Waals surface area contributed by atoms with Crippen LogP contribution in [0.25, 0.3) is 0 Å². The van der Waals surface area contributed by atoms with E-state index < -0.39 is 0 Å². The third-order valence-electron chi connectivity index (χ3n) is 3.95. The molecule has 1 atom stereocenters. The summed E-state index contributed by atoms with van der Waals surface area (Å²) in [6.07, 6.45) is 1.33. The highest BCUT2D eigenvalue weighted by atomic mass is 16.6. The number of carbonyl (C=O) groups is 1. The zero-order chi connectivity index (χ0) is 22.3. The third-order valence-corrected chi connectivity index (χ3v) is 3.95. The van der Waals surface area contributed by atoms with E-state index in [0.29, 0.717) is 78.7 Å². The van der Waals surface area contributed by atoms with Gasteiger partial charge in [-0.3, -0.25) is 4.79 Å². The van der Waals surface area contributed by atoms with Crippen molar-refractivity contribution >= 4 is 5.91 Å². The van der Waals surface area contributed by atoms with Crippen LogP contribution in [0.4, 0.5) is 0 Å². The van der Waals surface area contributed by atoms with E-state index in [9.17, 15) is 4.79 Å². The average Bonchev–Trinajstić information content (AvgIpc) is 2.72. The van der Waals surface area contributed by atoms with Gasteiger partial charge in [-0.05, 0) is 27.2 Å². The third kappa shape index (κ3) is 23.5. The van der Waals surface area contributed by atoms with Crippen molar-refractivity contribution < 1.29 is 36.1 Å². The number of rotatable bonds is 23. The van der Waals surface area contributed by atoms with Gasteiger partial charge in [0, 0.05) is 22.0 Å². The minimum absolute atomic E-state index is 0. The number of amides is 1. The molecule has 9 heteroatoms. The lowest BCUT2D eigenvalue weighted by atomic mass is 10.3. The van der Waals surface area contributed by atoms with Crippen LogP contribution in [-0.4, -0.2) is 104 Å². The first kappa shape index (κ1) is 29.2. The van der Waals surface area contributed by atoms with Crippen LogP contribution in [0.2, 0.25) is 0 Å². The molecule has 0 aromatic rings. The Kier molecular flexibility index (Phi) is 22.2. The maximum absolute atomic E-state index is 11.6. The second kappa shape index (κ2) is 22.9. The lowest BCUT2D eigenvalue weighted by Gasteiger charge is -2.11. The van der Waals surface area contributed by atoms with E-state index in [2.05, 4.69) is 24.5 Å². The molecule has 0 radical (unpaired) electrons. The van der Waals surface area contributed by atoms with Crippen molar-refractivity contribution in [1.29, 1.82) is 0 Å². The maximum Gasteiger partial charge on any atom is 0.246 e. The predicted octanol–water partition coefficient (Wildman–Crippen LogP) is 1.49. The van der Waals surface area contributed by atoms with Crippen molar-refractivity contribution in [1.82, 2.24) is 10.6 Å². The molecule has 184 valence electrons. The Balaban J connectivity index is -0.00000420. The van der Waals surface area contributed by atoms with Gasteiger partial charge in [0.05, 0.1) is 72.2 Å². The molecular weight excluding hydrogens is 392 g/mol. The van der Waals surface area contributed by atoms with Crippen molar-refractivity contribution in [2.45, 2.75) is 46.3 Å². The minimum atomic E-state index is -0.167. The van der Waals surface area contributed by atoms with E-state index in [-0.39, 0.29) is 21.5 Å². The van der Waals surface area contributed by atoms with Gasteiger partial charge in [0.25, 0.3) is 0 Å². The molecule has 0 spiro atoms. The summed E-state index contributed by atoms with van der Waals surface area (Å²) in [6.45, 7) is 14.7. The summed E-state index contributed by atoms with van der Waals surface area (Å²) < 4.78 is 32.2. The summed E-state index contributed by atoms with van der Waals surface area (Å²) in [5.41, 5.74) is 0. The molecule has 0 saturated carbocycles. The SMILES string of the molecule is CCC(C)NCCOCCOCCNC(=O)COCCOCCOCCOC(C)C.[HH].[HH]. The minimum Gasteiger partial charge on any atom is -0.378 e. The summed E-state index contributed by atoms with van der Waals surface area (Å²) in [5.74, 6) is -0.167. The number of nitrogens with one attached hydrogen (secondary N) is 2. The summed E-state index contributed by atoms with van der Waals surface area (Å²) in [6, 6.07) is 0.518. The maximum atomic E-state index is 11.6. The van der Waals surface area contributed by atoms with Gasteiger partial charge < -0.3 is 39.1 Å². The van der Waals surface area contributed by atoms with Gasteiger partial charge in [0.15, 0.2) is 0 Å². The first-order valence-electron chi connectivity index (χ1n) is 11.1. The monoisotopic (exact) mass is 440 g/mol. The number of carbonyl (C=O) groups excluding carboxylic acids is 1. The van der Waals surface area contributed by atoms with Gasteiger partial charge in [0.1, 0.15) is 6.61 Å². The van der Waals surface area contributed by atoms with Crippen LogP contribution in [0.3, 0.4) is 0 Å². The number of hydrogen-bond donors (Lipinski definition) is 2. The van der Waals surface area contributed by atoms with Crippen LogP contribution in [0.15, 0.2) is 0 Å². The zero-order valence-electron chi connectivity index (χ0n) is 19.4. The number of ether oxygens (including phenoxy) is 6. The highest BCUT2D eigenvalue weighted by molar-refractivity contribution is 5.77. The van der Waals surface area contributed by atoms with Gasteiger partial charge in [-0.1, -0.05) is 6.92 Å². The molecule has 9 nitrogen and oxygen atoms in total. The van der Waals surface area contributed by atoms with Crippen LogP contribution in [0.1, 0.15) is 37.0 Å². The van der Waals surface area contributed by atoms with Crippen molar-refractivity contribution in [3.8, 4) is 0 Å². The summed E-state index contributed by atoms with van der Waals surface area (Å²) in [7, 11) is 0. The van der Waals surface area contributed by atoms with Crippen LogP contribution >= 0.6 is 0 Å². The molecule has 0 rings (SSSR count). The number of hydrogen-bond acceptors (Lipinski definition) is 8. The largest absolute Gasteiger partial charge is 0.378 e. The van der Waals surface area contributed by atoms with E-state index in [1.54, 1.807) is 0 Å². The molecular formula is C21H48N2O7. The lowest BCUT2D eigenvalue weighted by molar-refractivity contribution is -0.126. The molecule has 2 N–H and O–H groups in total. The van der Waals surface area contributed by atoms with Crippen molar-refractivity contribution in [3.63, 3.8) is 0 Å². The van der Waals surface area contributed by atoms with Crippen LogP contribution in [-0.2, 0) is 33.2 Å². The molecule has 1 amide bonds. The molecule has 0 aromatic carbocycles. The second-order valence-corrected chi connectivity index (χ2v) is 7.03. The van der Waals surface area contributed by atoms with Gasteiger partial charge in [-0.25, -0.2) is 0 Å². The molecule has 1 unspecified atom stereocenters. The Morgan fingerprint density at radius 3 is 1.80 bits per heavy atom. The Labute approximate surface area is 185 Å². The molecule has 0 bridgehead atoms. The smallest absolute Gasteiger partial charge is 0.246 e. The fourth-order valence-electron chi connectivity index (χ4n) is 2.10. The van der Waals surface area contributed by atoms with E-state index in [4.69, 9.17) is 28.4 Å². The first-order chi connectivity index (χ1) is 14.6. The van der Waals surface area contributed by atoms with Crippen LogP contribution < -0.4 is 10.6 Å². The molecule has 0 aliphatic heterocycles. The lowest BCUT2D eigenvalue weighted by Crippen LogP contribution is -2.31. The Morgan fingerprint density at radius 2 is 1.23 bits per heavy atom. The molecule has 0 aliphatic rings. The summed E-state index contributed by atoms with van der Waals surface area (Å²) >= 11 is 0. The highest BCUT2D eigenvalue weighted by Crippen LogP contribution is 1.88. The quantitative estimate of drug-likeness (QED) is 0.231. The van der Waals surface area contributed by atoms with Crippen molar-refractivity contribution in [2.24, 2.45) is 0 Å². The second-order valence-electron chi connectivity index (χ2n) is 7.03. The predicted molar refractivity (Wildman–Crippen MR) is 120 cm³/mol. The van der Waals surface area contributed by atoms with Gasteiger partial charge in [0.2, 0.25) is 5.91 Å². The fraction of sp³-hybridized carbons (Fsp3) is 0.952. The topological polar surface area (TPSA) is 96.5 Å². The normalized spacial score (nSPS) is 12.4. The molecule has 0 heterocycles. The fourth-order valence-corrected chi connectivity index (χ4v) is 2.10. The van der Waals surface area contributed by atoms with Crippen molar-refractivity contribution in [2.75, 3.05) is 85.8 Å².